The number of aromatic nitrogens is 1. The first-order valence-corrected chi connectivity index (χ1v) is 16.1. The number of nitrogens with zero attached hydrogens (tertiary/aromatic N) is 2. The maximum atomic E-state index is 12.5. The molecule has 1 amide bonds. The molecule has 0 radical (unpaired) electrons. The monoisotopic (exact) mass is 654 g/mol. The molecule has 2 aromatic carbocycles. The van der Waals surface area contributed by atoms with Crippen LogP contribution in [0.2, 0.25) is 0 Å². The molecule has 2 aliphatic heterocycles. The summed E-state index contributed by atoms with van der Waals surface area (Å²) < 4.78 is 69.1. The second-order valence-corrected chi connectivity index (χ2v) is 13.1. The van der Waals surface area contributed by atoms with Crippen LogP contribution in [0.3, 0.4) is 0 Å². The number of benzene rings is 2. The number of methoxy groups -OCH3 is 1. The number of sulfonamides is 1. The molecule has 0 bridgehead atoms. The average molecular weight is 655 g/mol. The van der Waals surface area contributed by atoms with Gasteiger partial charge in [0.25, 0.3) is 5.91 Å². The zero-order chi connectivity index (χ0) is 32.9. The van der Waals surface area contributed by atoms with Crippen LogP contribution < -0.4 is 10.5 Å². The number of nitrogens with one attached hydrogen (secondary N) is 1. The number of H-pyrrole nitrogens is 1. The molecular weight excluding hydrogens is 617 g/mol. The normalized spacial score (nSPS) is 17.1. The molecule has 3 heterocycles. The number of piperidine rings is 1. The van der Waals surface area contributed by atoms with Gasteiger partial charge in [0.1, 0.15) is 5.75 Å². The van der Waals surface area contributed by atoms with Gasteiger partial charge in [-0.1, -0.05) is 6.07 Å². The van der Waals surface area contributed by atoms with Crippen LogP contribution in [-0.4, -0.2) is 98.0 Å². The molecule has 4 N–H and O–H groups in total. The van der Waals surface area contributed by atoms with E-state index in [1.165, 1.54) is 0 Å². The molecule has 11 nitrogen and oxygen atoms in total. The fourth-order valence-corrected chi connectivity index (χ4v) is 6.79. The lowest BCUT2D eigenvalue weighted by Crippen LogP contribution is -2.38. The largest absolute Gasteiger partial charge is 0.496 e. The SMILES string of the molecule is CCS(=O)(=O)N1CCC(c2c[nH]c3c(C(N)=O)cc(-c4ccc(OC)c(CN5CCOCC5)c4)cc23)CC1.O=C(O)C(F)(F)F. The second-order valence-electron chi connectivity index (χ2n) is 10.8. The molecule has 246 valence electrons. The zero-order valence-corrected chi connectivity index (χ0v) is 25.8. The Balaban J connectivity index is 0.000000591. The molecule has 0 unspecified atom stereocenters. The van der Waals surface area contributed by atoms with Crippen LogP contribution in [-0.2, 0) is 26.1 Å². The van der Waals surface area contributed by atoms with Crippen molar-refractivity contribution in [3.8, 4) is 16.9 Å². The van der Waals surface area contributed by atoms with E-state index in [0.717, 1.165) is 84.6 Å². The number of primary amides is 1. The smallest absolute Gasteiger partial charge is 0.490 e. The standard InChI is InChI=1S/C28H36N4O5S.C2HF3O2/c1-3-38(34,35)32-8-6-19(7-9-32)25-17-30-27-23(25)15-21(16-24(27)28(29)33)20-4-5-26(36-2)22(14-20)18-31-10-12-37-13-11-31;3-2(4,5)1(6)7/h4-5,14-17,19,30H,3,6-13,18H2,1-2H3,(H2,29,33);(H,6,7). The number of nitrogens with two attached hydrogens (primary N) is 1. The van der Waals surface area contributed by atoms with Crippen LogP contribution in [0.25, 0.3) is 22.0 Å². The number of fused-ring (bicyclic) bond motifs is 1. The fraction of sp³-hybridized carbons (Fsp3) is 0.467. The van der Waals surface area contributed by atoms with E-state index in [9.17, 15) is 26.4 Å². The molecule has 2 saturated heterocycles. The Bertz CT molecular complexity index is 1630. The van der Waals surface area contributed by atoms with Crippen molar-refractivity contribution in [2.75, 3.05) is 52.3 Å². The van der Waals surface area contributed by atoms with Gasteiger partial charge in [0.15, 0.2) is 0 Å². The van der Waals surface area contributed by atoms with E-state index in [1.807, 2.05) is 24.4 Å². The predicted molar refractivity (Wildman–Crippen MR) is 162 cm³/mol. The Morgan fingerprint density at radius 2 is 1.73 bits per heavy atom. The Labute approximate surface area is 259 Å². The molecule has 1 aromatic heterocycles. The summed E-state index contributed by atoms with van der Waals surface area (Å²) in [5, 5.41) is 8.08. The molecule has 5 rings (SSSR count). The minimum atomic E-state index is -5.08. The number of rotatable bonds is 8. The summed E-state index contributed by atoms with van der Waals surface area (Å²) in [6.45, 7) is 6.62. The number of carbonyl (C=O) groups is 2. The van der Waals surface area contributed by atoms with Crippen LogP contribution in [0.5, 0.6) is 5.75 Å². The minimum absolute atomic E-state index is 0.117. The molecule has 15 heteroatoms. The summed E-state index contributed by atoms with van der Waals surface area (Å²) in [6, 6.07) is 10.1. The van der Waals surface area contributed by atoms with Crippen LogP contribution in [0.15, 0.2) is 36.5 Å². The van der Waals surface area contributed by atoms with E-state index in [-0.39, 0.29) is 11.7 Å². The second kappa shape index (κ2) is 14.2. The number of aliphatic carboxylic acids is 1. The molecule has 0 aliphatic carbocycles. The highest BCUT2D eigenvalue weighted by Gasteiger charge is 2.38. The van der Waals surface area contributed by atoms with Crippen LogP contribution >= 0.6 is 0 Å². The van der Waals surface area contributed by atoms with E-state index in [2.05, 4.69) is 22.0 Å². The Hall–Kier alpha value is -3.66. The van der Waals surface area contributed by atoms with Gasteiger partial charge in [0, 0.05) is 49.9 Å². The first-order chi connectivity index (χ1) is 21.2. The number of ether oxygens (including phenoxy) is 2. The van der Waals surface area contributed by atoms with Gasteiger partial charge in [-0.2, -0.15) is 13.2 Å². The Kier molecular flexibility index (Phi) is 10.8. The van der Waals surface area contributed by atoms with Crippen LogP contribution in [0.1, 0.15) is 47.2 Å². The van der Waals surface area contributed by atoms with Crippen molar-refractivity contribution < 1.29 is 45.8 Å². The maximum Gasteiger partial charge on any atom is 0.490 e. The van der Waals surface area contributed by atoms with Gasteiger partial charge in [-0.05, 0) is 66.6 Å². The number of carboxylic acid groups (broad SMARTS) is 1. The summed E-state index contributed by atoms with van der Waals surface area (Å²) in [6.07, 6.45) is -1.67. The highest BCUT2D eigenvalue weighted by molar-refractivity contribution is 7.89. The van der Waals surface area contributed by atoms with Crippen molar-refractivity contribution in [3.63, 3.8) is 0 Å². The summed E-state index contributed by atoms with van der Waals surface area (Å²) in [5.41, 5.74) is 11.1. The Morgan fingerprint density at radius 1 is 1.09 bits per heavy atom. The molecule has 3 aromatic rings. The lowest BCUT2D eigenvalue weighted by molar-refractivity contribution is -0.192. The number of aromatic amines is 1. The third-order valence-electron chi connectivity index (χ3n) is 8.09. The topological polar surface area (TPSA) is 155 Å². The number of halogens is 3. The quantitative estimate of drug-likeness (QED) is 0.330. The number of hydrogen-bond acceptors (Lipinski definition) is 7. The van der Waals surface area contributed by atoms with Gasteiger partial charge in [-0.3, -0.25) is 9.69 Å². The van der Waals surface area contributed by atoms with Gasteiger partial charge < -0.3 is 25.3 Å². The molecule has 45 heavy (non-hydrogen) atoms. The number of amides is 1. The summed E-state index contributed by atoms with van der Waals surface area (Å²) >= 11 is 0. The Morgan fingerprint density at radius 3 is 2.29 bits per heavy atom. The van der Waals surface area contributed by atoms with Gasteiger partial charge in [0.2, 0.25) is 10.0 Å². The maximum absolute atomic E-state index is 12.5. The molecule has 0 spiro atoms. The third-order valence-corrected chi connectivity index (χ3v) is 9.97. The van der Waals surface area contributed by atoms with Crippen molar-refractivity contribution >= 4 is 32.8 Å². The fourth-order valence-electron chi connectivity index (χ4n) is 5.66. The van der Waals surface area contributed by atoms with Crippen molar-refractivity contribution in [1.82, 2.24) is 14.2 Å². The first kappa shape index (κ1) is 34.2. The lowest BCUT2D eigenvalue weighted by Gasteiger charge is -2.31. The average Bonchev–Trinajstić information content (AvgIpc) is 3.45. The molecular formula is C30H37F3N4O7S. The number of alkyl halides is 3. The lowest BCUT2D eigenvalue weighted by atomic mass is 9.88. The molecule has 0 atom stereocenters. The zero-order valence-electron chi connectivity index (χ0n) is 25.0. The predicted octanol–water partition coefficient (Wildman–Crippen LogP) is 3.94. The molecule has 2 fully saturated rings. The van der Waals surface area contributed by atoms with E-state index < -0.39 is 28.1 Å². The van der Waals surface area contributed by atoms with E-state index in [1.54, 1.807) is 18.3 Å². The van der Waals surface area contributed by atoms with Crippen molar-refractivity contribution in [2.24, 2.45) is 5.73 Å². The van der Waals surface area contributed by atoms with E-state index in [0.29, 0.717) is 18.7 Å². The highest BCUT2D eigenvalue weighted by Crippen LogP contribution is 2.38. The first-order valence-electron chi connectivity index (χ1n) is 14.4. The van der Waals surface area contributed by atoms with Gasteiger partial charge in [0.05, 0.1) is 37.2 Å². The van der Waals surface area contributed by atoms with Gasteiger partial charge in [-0.25, -0.2) is 17.5 Å². The van der Waals surface area contributed by atoms with E-state index in [4.69, 9.17) is 25.1 Å². The van der Waals surface area contributed by atoms with E-state index >= 15 is 0 Å². The summed E-state index contributed by atoms with van der Waals surface area (Å²) in [7, 11) is -1.51. The number of morpholine rings is 1. The van der Waals surface area contributed by atoms with Gasteiger partial charge in [-0.15, -0.1) is 0 Å². The summed E-state index contributed by atoms with van der Waals surface area (Å²) in [4.78, 5) is 27.0. The number of carbonyl (C=O) groups excluding carboxylic acids is 1. The van der Waals surface area contributed by atoms with Crippen molar-refractivity contribution in [2.45, 2.75) is 38.4 Å². The summed E-state index contributed by atoms with van der Waals surface area (Å²) in [5.74, 6) is -2.11. The van der Waals surface area contributed by atoms with Crippen molar-refractivity contribution in [3.05, 3.63) is 53.2 Å². The van der Waals surface area contributed by atoms with Crippen molar-refractivity contribution in [1.29, 1.82) is 0 Å². The third kappa shape index (κ3) is 8.14. The molecule has 2 aliphatic rings. The molecule has 0 saturated carbocycles. The van der Waals surface area contributed by atoms with Crippen LogP contribution in [0, 0.1) is 0 Å². The van der Waals surface area contributed by atoms with Crippen LogP contribution in [0.4, 0.5) is 13.2 Å². The minimum Gasteiger partial charge on any atom is -0.496 e. The number of hydrogen-bond donors (Lipinski definition) is 3. The highest BCUT2D eigenvalue weighted by atomic mass is 32.2. The van der Waals surface area contributed by atoms with Gasteiger partial charge >= 0.3 is 12.1 Å². The number of carboxylic acids is 1.